The van der Waals surface area contributed by atoms with Crippen molar-refractivity contribution < 1.29 is 27.1 Å². The van der Waals surface area contributed by atoms with Gasteiger partial charge in [-0.05, 0) is 37.6 Å². The van der Waals surface area contributed by atoms with Crippen LogP contribution in [0.3, 0.4) is 0 Å². The van der Waals surface area contributed by atoms with Gasteiger partial charge in [-0.1, -0.05) is 36.4 Å². The lowest BCUT2D eigenvalue weighted by atomic mass is 10.1. The molecule has 1 amide bonds. The minimum Gasteiger partial charge on any atom is -0.433 e. The average Bonchev–Trinajstić information content (AvgIpc) is 3.10. The number of benzene rings is 2. The molecule has 6 nitrogen and oxygen atoms in total. The lowest BCUT2D eigenvalue weighted by molar-refractivity contribution is -0.116. The van der Waals surface area contributed by atoms with Crippen molar-refractivity contribution in [2.45, 2.75) is 33.4 Å². The minimum absolute atomic E-state index is 0.0599. The van der Waals surface area contributed by atoms with Gasteiger partial charge in [-0.25, -0.2) is 18.4 Å². The predicted molar refractivity (Wildman–Crippen MR) is 119 cm³/mol. The number of nitrogens with zero attached hydrogens (tertiary/aromatic N) is 3. The molecule has 0 spiro atoms. The van der Waals surface area contributed by atoms with E-state index in [0.29, 0.717) is 22.5 Å². The molecule has 0 atom stereocenters. The normalized spacial score (nSPS) is 11.4. The summed E-state index contributed by atoms with van der Waals surface area (Å²) in [5.41, 5.74) is 1.91. The van der Waals surface area contributed by atoms with E-state index < -0.39 is 18.9 Å². The molecule has 176 valence electrons. The first-order valence-electron chi connectivity index (χ1n) is 10.3. The van der Waals surface area contributed by atoms with Crippen molar-refractivity contribution in [3.63, 3.8) is 0 Å². The number of amides is 1. The van der Waals surface area contributed by atoms with Crippen LogP contribution in [0.4, 0.5) is 23.2 Å². The van der Waals surface area contributed by atoms with Crippen molar-refractivity contribution in [1.29, 1.82) is 0 Å². The molecular weight excluding hydrogens is 452 g/mol. The van der Waals surface area contributed by atoms with E-state index in [1.165, 1.54) is 22.9 Å². The number of hydrogen-bond donors (Lipinski definition) is 1. The molecule has 10 heteroatoms. The number of rotatable bonds is 7. The van der Waals surface area contributed by atoms with Crippen LogP contribution in [0.15, 0.2) is 54.6 Å². The van der Waals surface area contributed by atoms with Gasteiger partial charge in [0.2, 0.25) is 5.91 Å². The number of aromatic nitrogens is 3. The van der Waals surface area contributed by atoms with Gasteiger partial charge < -0.3 is 10.1 Å². The number of nitrogens with one attached hydrogen (secondary N) is 1. The van der Waals surface area contributed by atoms with Gasteiger partial charge in [0.15, 0.2) is 5.65 Å². The summed E-state index contributed by atoms with van der Waals surface area (Å²) in [5.74, 6) is -0.806. The lowest BCUT2D eigenvalue weighted by Gasteiger charge is -2.13. The Morgan fingerprint density at radius 2 is 1.79 bits per heavy atom. The summed E-state index contributed by atoms with van der Waals surface area (Å²) >= 11 is 0. The number of anilines is 1. The first-order valence-corrected chi connectivity index (χ1v) is 10.3. The molecule has 0 fully saturated rings. The second-order valence-electron chi connectivity index (χ2n) is 7.63. The lowest BCUT2D eigenvalue weighted by Crippen LogP contribution is -2.20. The number of pyridine rings is 1. The molecule has 2 heterocycles. The minimum atomic E-state index is -3.07. The van der Waals surface area contributed by atoms with Gasteiger partial charge in [-0.3, -0.25) is 4.79 Å². The van der Waals surface area contributed by atoms with Crippen LogP contribution in [-0.4, -0.2) is 27.3 Å². The number of alkyl halides is 4. The van der Waals surface area contributed by atoms with Gasteiger partial charge in [-0.15, -0.1) is 0 Å². The van der Waals surface area contributed by atoms with Crippen LogP contribution >= 0.6 is 0 Å². The molecule has 0 unspecified atom stereocenters. The number of carbonyl (C=O) groups excluding carboxylic acids is 1. The van der Waals surface area contributed by atoms with Gasteiger partial charge in [0.1, 0.15) is 12.3 Å². The Balaban J connectivity index is 1.71. The average molecular weight is 472 g/mol. The molecule has 0 aliphatic rings. The monoisotopic (exact) mass is 472 g/mol. The van der Waals surface area contributed by atoms with E-state index in [4.69, 9.17) is 0 Å². The van der Waals surface area contributed by atoms with Gasteiger partial charge in [0, 0.05) is 11.1 Å². The summed E-state index contributed by atoms with van der Waals surface area (Å²) in [6, 6.07) is 14.5. The highest BCUT2D eigenvalue weighted by Crippen LogP contribution is 2.33. The molecule has 0 bridgehead atoms. The Kier molecular flexibility index (Phi) is 6.49. The Hall–Kier alpha value is -3.95. The number of halogens is 4. The fourth-order valence-corrected chi connectivity index (χ4v) is 3.69. The van der Waals surface area contributed by atoms with E-state index in [1.807, 2.05) is 0 Å². The van der Waals surface area contributed by atoms with Crippen molar-refractivity contribution in [2.24, 2.45) is 0 Å². The number of carbonyl (C=O) groups is 1. The number of fused-ring (bicyclic) bond motifs is 1. The van der Waals surface area contributed by atoms with Crippen molar-refractivity contribution in [3.8, 4) is 17.0 Å². The zero-order valence-electron chi connectivity index (χ0n) is 18.2. The maximum Gasteiger partial charge on any atom is 0.387 e. The Morgan fingerprint density at radius 1 is 1.06 bits per heavy atom. The summed E-state index contributed by atoms with van der Waals surface area (Å²) in [4.78, 5) is 17.3. The summed E-state index contributed by atoms with van der Waals surface area (Å²) < 4.78 is 58.9. The van der Waals surface area contributed by atoms with Crippen molar-refractivity contribution in [1.82, 2.24) is 14.8 Å². The third-order valence-corrected chi connectivity index (χ3v) is 5.13. The van der Waals surface area contributed by atoms with Crippen LogP contribution in [0.25, 0.3) is 22.3 Å². The van der Waals surface area contributed by atoms with E-state index in [2.05, 4.69) is 20.1 Å². The Bertz CT molecular complexity index is 1340. The summed E-state index contributed by atoms with van der Waals surface area (Å²) in [6.07, 6.45) is -2.78. The van der Waals surface area contributed by atoms with E-state index in [0.717, 1.165) is 0 Å². The molecule has 34 heavy (non-hydrogen) atoms. The topological polar surface area (TPSA) is 69.0 Å². The predicted octanol–water partition coefficient (Wildman–Crippen LogP) is 5.89. The fourth-order valence-electron chi connectivity index (χ4n) is 3.69. The molecule has 4 rings (SSSR count). The smallest absolute Gasteiger partial charge is 0.387 e. The third-order valence-electron chi connectivity index (χ3n) is 5.13. The Morgan fingerprint density at radius 3 is 2.47 bits per heavy atom. The molecule has 0 saturated heterocycles. The SMILES string of the molecule is Cc1ccc(OC(F)F)c(NC(=O)Cn2nc(C)c3c(C(F)F)cc(-c4ccccc4)nc32)c1. The van der Waals surface area contributed by atoms with Gasteiger partial charge in [0.25, 0.3) is 6.43 Å². The third kappa shape index (κ3) is 4.85. The second-order valence-corrected chi connectivity index (χ2v) is 7.63. The van der Waals surface area contributed by atoms with Gasteiger partial charge in [0.05, 0.1) is 22.5 Å². The molecular formula is C24H20F4N4O2. The van der Waals surface area contributed by atoms with E-state index in [1.54, 1.807) is 50.2 Å². The highest BCUT2D eigenvalue weighted by molar-refractivity contribution is 5.93. The first kappa shape index (κ1) is 23.2. The second kappa shape index (κ2) is 9.50. The highest BCUT2D eigenvalue weighted by atomic mass is 19.3. The molecule has 2 aromatic carbocycles. The molecule has 0 aliphatic heterocycles. The largest absolute Gasteiger partial charge is 0.433 e. The van der Waals surface area contributed by atoms with E-state index in [9.17, 15) is 22.4 Å². The Labute approximate surface area is 192 Å². The van der Waals surface area contributed by atoms with Gasteiger partial charge in [-0.2, -0.15) is 13.9 Å². The zero-order chi connectivity index (χ0) is 24.4. The maximum atomic E-state index is 13.9. The molecule has 0 aliphatic carbocycles. The number of hydrogen-bond acceptors (Lipinski definition) is 4. The summed E-state index contributed by atoms with van der Waals surface area (Å²) in [6.45, 7) is -0.154. The van der Waals surface area contributed by atoms with E-state index in [-0.39, 0.29) is 34.6 Å². The summed E-state index contributed by atoms with van der Waals surface area (Å²) in [5, 5.41) is 6.94. The molecule has 0 radical (unpaired) electrons. The number of ether oxygens (including phenoxy) is 1. The van der Waals surface area contributed by atoms with Crippen LogP contribution in [0.5, 0.6) is 5.75 Å². The fraction of sp³-hybridized carbons (Fsp3) is 0.208. The van der Waals surface area contributed by atoms with Gasteiger partial charge >= 0.3 is 6.61 Å². The zero-order valence-corrected chi connectivity index (χ0v) is 18.2. The summed E-state index contributed by atoms with van der Waals surface area (Å²) in [7, 11) is 0. The molecule has 4 aromatic rings. The van der Waals surface area contributed by atoms with Crippen molar-refractivity contribution >= 4 is 22.6 Å². The first-order chi connectivity index (χ1) is 16.2. The standard InChI is InChI=1S/C24H20F4N4O2/c1-13-8-9-19(34-24(27)28)18(10-13)29-20(33)12-32-23-21(14(2)31-32)16(22(25)26)11-17(30-23)15-6-4-3-5-7-15/h3-11,22,24H,12H2,1-2H3,(H,29,33). The molecule has 0 saturated carbocycles. The van der Waals surface area contributed by atoms with Crippen LogP contribution in [0, 0.1) is 13.8 Å². The van der Waals surface area contributed by atoms with Crippen LogP contribution < -0.4 is 10.1 Å². The highest BCUT2D eigenvalue weighted by Gasteiger charge is 2.22. The van der Waals surface area contributed by atoms with Crippen molar-refractivity contribution in [2.75, 3.05) is 5.32 Å². The number of aryl methyl sites for hydroxylation is 2. The molecule has 2 aromatic heterocycles. The van der Waals surface area contributed by atoms with Crippen LogP contribution in [0.1, 0.15) is 23.2 Å². The van der Waals surface area contributed by atoms with Crippen LogP contribution in [-0.2, 0) is 11.3 Å². The van der Waals surface area contributed by atoms with E-state index >= 15 is 0 Å². The molecule has 1 N–H and O–H groups in total. The quantitative estimate of drug-likeness (QED) is 0.341. The maximum absolute atomic E-state index is 13.9. The van der Waals surface area contributed by atoms with Crippen LogP contribution in [0.2, 0.25) is 0 Å². The van der Waals surface area contributed by atoms with Crippen molar-refractivity contribution in [3.05, 3.63) is 71.4 Å².